The smallest absolute Gasteiger partial charge is 0.270 e. The normalized spacial score (nSPS) is 10.6. The highest BCUT2D eigenvalue weighted by Crippen LogP contribution is 2.20. The zero-order valence-electron chi connectivity index (χ0n) is 14.7. The van der Waals surface area contributed by atoms with E-state index in [-0.39, 0.29) is 41.6 Å². The van der Waals surface area contributed by atoms with Crippen LogP contribution in [0.25, 0.3) is 0 Å². The summed E-state index contributed by atoms with van der Waals surface area (Å²) in [7, 11) is 0. The molecule has 0 saturated heterocycles. The number of phenols is 2. The van der Waals surface area contributed by atoms with Gasteiger partial charge in [-0.3, -0.25) is 19.7 Å². The van der Waals surface area contributed by atoms with Gasteiger partial charge in [-0.25, -0.2) is 5.43 Å². The number of phenolic OH excluding ortho intramolecular Hbond substituents is 2. The third-order valence-electron chi connectivity index (χ3n) is 3.59. The second-order valence-corrected chi connectivity index (χ2v) is 5.70. The molecule has 2 aromatic carbocycles. The van der Waals surface area contributed by atoms with Crippen LogP contribution in [0.5, 0.6) is 11.5 Å². The second-order valence-electron chi connectivity index (χ2n) is 5.70. The fraction of sp³-hybridized carbons (Fsp3) is 0.167. The molecule has 10 nitrogen and oxygen atoms in total. The topological polar surface area (TPSA) is 154 Å². The number of benzene rings is 2. The molecule has 0 spiro atoms. The minimum absolute atomic E-state index is 0.0914. The molecule has 0 unspecified atom stereocenters. The number of hydrazone groups is 1. The van der Waals surface area contributed by atoms with E-state index in [0.717, 1.165) is 6.07 Å². The van der Waals surface area contributed by atoms with Crippen LogP contribution in [-0.2, 0) is 4.79 Å². The van der Waals surface area contributed by atoms with Crippen LogP contribution >= 0.6 is 0 Å². The molecule has 0 aliphatic carbocycles. The number of nitrogens with zero attached hydrogens (tertiary/aromatic N) is 2. The van der Waals surface area contributed by atoms with E-state index < -0.39 is 10.8 Å². The molecule has 0 fully saturated rings. The Bertz CT molecular complexity index is 913. The predicted octanol–water partition coefficient (Wildman–Crippen LogP) is 1.67. The summed E-state index contributed by atoms with van der Waals surface area (Å²) in [5.74, 6) is -1.13. The van der Waals surface area contributed by atoms with E-state index in [1.54, 1.807) is 0 Å². The Kier molecular flexibility index (Phi) is 7.03. The van der Waals surface area contributed by atoms with Crippen molar-refractivity contribution in [3.05, 3.63) is 63.7 Å². The Hall–Kier alpha value is -3.95. The second kappa shape index (κ2) is 9.67. The first-order chi connectivity index (χ1) is 13.4. The van der Waals surface area contributed by atoms with Crippen molar-refractivity contribution in [3.63, 3.8) is 0 Å². The number of nitro benzene ring substituents is 1. The van der Waals surface area contributed by atoms with Crippen LogP contribution in [-0.4, -0.2) is 39.7 Å². The van der Waals surface area contributed by atoms with Gasteiger partial charge in [0.15, 0.2) is 0 Å². The monoisotopic (exact) mass is 386 g/mol. The summed E-state index contributed by atoms with van der Waals surface area (Å²) in [6, 6.07) is 9.30. The number of hydrogen-bond donors (Lipinski definition) is 4. The van der Waals surface area contributed by atoms with Gasteiger partial charge in [-0.2, -0.15) is 5.10 Å². The number of carbonyl (C=O) groups is 2. The molecule has 0 saturated carbocycles. The summed E-state index contributed by atoms with van der Waals surface area (Å²) in [6.45, 7) is 0.206. The molecule has 0 bridgehead atoms. The van der Waals surface area contributed by atoms with Crippen LogP contribution in [0.3, 0.4) is 0 Å². The van der Waals surface area contributed by atoms with Crippen molar-refractivity contribution >= 4 is 23.7 Å². The van der Waals surface area contributed by atoms with Gasteiger partial charge in [0.1, 0.15) is 11.5 Å². The van der Waals surface area contributed by atoms with E-state index in [0.29, 0.717) is 12.0 Å². The van der Waals surface area contributed by atoms with Crippen molar-refractivity contribution in [3.8, 4) is 11.5 Å². The Morgan fingerprint density at radius 2 is 1.96 bits per heavy atom. The van der Waals surface area contributed by atoms with Gasteiger partial charge in [-0.1, -0.05) is 6.07 Å². The summed E-state index contributed by atoms with van der Waals surface area (Å²) in [5, 5.41) is 35.8. The molecule has 0 aliphatic heterocycles. The maximum absolute atomic E-state index is 11.9. The maximum Gasteiger partial charge on any atom is 0.270 e. The van der Waals surface area contributed by atoms with Crippen LogP contribution < -0.4 is 10.7 Å². The number of nitrogens with one attached hydrogen (secondary N) is 2. The van der Waals surface area contributed by atoms with Crippen LogP contribution in [0, 0.1) is 10.1 Å². The van der Waals surface area contributed by atoms with Crippen LogP contribution in [0.15, 0.2) is 47.6 Å². The zero-order valence-corrected chi connectivity index (χ0v) is 14.7. The van der Waals surface area contributed by atoms with Gasteiger partial charge in [0.25, 0.3) is 11.6 Å². The number of nitro groups is 1. The summed E-state index contributed by atoms with van der Waals surface area (Å²) in [6.07, 6.45) is 1.66. The number of amides is 2. The van der Waals surface area contributed by atoms with Gasteiger partial charge in [-0.05, 0) is 24.6 Å². The van der Waals surface area contributed by atoms with E-state index in [9.17, 15) is 29.9 Å². The van der Waals surface area contributed by atoms with Crippen molar-refractivity contribution in [2.75, 3.05) is 6.54 Å². The summed E-state index contributed by atoms with van der Waals surface area (Å²) in [5.41, 5.74) is 2.59. The molecule has 0 heterocycles. The minimum atomic E-state index is -0.584. The zero-order chi connectivity index (χ0) is 20.5. The first-order valence-electron chi connectivity index (χ1n) is 8.23. The van der Waals surface area contributed by atoms with Crippen molar-refractivity contribution in [2.45, 2.75) is 12.8 Å². The lowest BCUT2D eigenvalue weighted by Gasteiger charge is -2.05. The van der Waals surface area contributed by atoms with E-state index in [2.05, 4.69) is 15.8 Å². The first-order valence-corrected chi connectivity index (χ1v) is 8.23. The highest BCUT2D eigenvalue weighted by molar-refractivity contribution is 5.94. The lowest BCUT2D eigenvalue weighted by Crippen LogP contribution is -2.26. The van der Waals surface area contributed by atoms with Crippen LogP contribution in [0.4, 0.5) is 5.69 Å². The molecule has 0 aliphatic rings. The number of hydrogen-bond acceptors (Lipinski definition) is 7. The largest absolute Gasteiger partial charge is 0.508 e. The van der Waals surface area contributed by atoms with Gasteiger partial charge in [0, 0.05) is 42.3 Å². The molecule has 2 rings (SSSR count). The van der Waals surface area contributed by atoms with Crippen LogP contribution in [0.1, 0.15) is 28.8 Å². The molecule has 4 N–H and O–H groups in total. The van der Waals surface area contributed by atoms with Gasteiger partial charge in [0.05, 0.1) is 11.1 Å². The number of aromatic hydroxyl groups is 2. The summed E-state index contributed by atoms with van der Waals surface area (Å²) in [4.78, 5) is 33.8. The number of carbonyl (C=O) groups excluding carboxylic acids is 2. The minimum Gasteiger partial charge on any atom is -0.508 e. The predicted molar refractivity (Wildman–Crippen MR) is 100 cm³/mol. The molecule has 0 atom stereocenters. The van der Waals surface area contributed by atoms with Gasteiger partial charge in [-0.15, -0.1) is 0 Å². The van der Waals surface area contributed by atoms with Crippen molar-refractivity contribution in [1.82, 2.24) is 10.7 Å². The highest BCUT2D eigenvalue weighted by Gasteiger charge is 2.11. The molecular formula is C18H18N4O6. The summed E-state index contributed by atoms with van der Waals surface area (Å²) < 4.78 is 0. The third-order valence-corrected chi connectivity index (χ3v) is 3.59. The Morgan fingerprint density at radius 3 is 2.68 bits per heavy atom. The molecule has 146 valence electrons. The summed E-state index contributed by atoms with van der Waals surface area (Å²) >= 11 is 0. The standard InChI is InChI=1S/C18H18N4O6/c23-15-7-6-13(16(24)10-15)11-20-21-17(25)5-2-8-19-18(26)12-3-1-4-14(9-12)22(27)28/h1,3-4,6-7,9-11,23-24H,2,5,8H2,(H,19,26)(H,21,25). The van der Waals surface area contributed by atoms with E-state index in [4.69, 9.17) is 0 Å². The molecule has 0 aromatic heterocycles. The maximum atomic E-state index is 11.9. The SMILES string of the molecule is O=C(CCCNC(=O)c1cccc([N+](=O)[O-])c1)NN=Cc1ccc(O)cc1O. The highest BCUT2D eigenvalue weighted by atomic mass is 16.6. The molecule has 0 radical (unpaired) electrons. The quantitative estimate of drug-likeness (QED) is 0.234. The number of non-ortho nitro benzene ring substituents is 1. The van der Waals surface area contributed by atoms with Gasteiger partial charge < -0.3 is 15.5 Å². The van der Waals surface area contributed by atoms with Crippen molar-refractivity contribution in [1.29, 1.82) is 0 Å². The number of rotatable bonds is 8. The Labute approximate surface area is 159 Å². The molecule has 28 heavy (non-hydrogen) atoms. The van der Waals surface area contributed by atoms with Crippen molar-refractivity contribution < 1.29 is 24.7 Å². The first kappa shape index (κ1) is 20.4. The molecule has 10 heteroatoms. The van der Waals surface area contributed by atoms with E-state index in [1.807, 2.05) is 0 Å². The third kappa shape index (κ3) is 6.09. The lowest BCUT2D eigenvalue weighted by molar-refractivity contribution is -0.384. The Balaban J connectivity index is 1.72. The Morgan fingerprint density at radius 1 is 1.18 bits per heavy atom. The van der Waals surface area contributed by atoms with Gasteiger partial charge >= 0.3 is 0 Å². The van der Waals surface area contributed by atoms with E-state index in [1.165, 1.54) is 42.6 Å². The fourth-order valence-corrected chi connectivity index (χ4v) is 2.18. The van der Waals surface area contributed by atoms with Crippen LogP contribution in [0.2, 0.25) is 0 Å². The molecule has 2 aromatic rings. The average Bonchev–Trinajstić information content (AvgIpc) is 2.67. The van der Waals surface area contributed by atoms with Crippen molar-refractivity contribution in [2.24, 2.45) is 5.10 Å². The van der Waals surface area contributed by atoms with E-state index >= 15 is 0 Å². The molecule has 2 amide bonds. The molecular weight excluding hydrogens is 368 g/mol. The van der Waals surface area contributed by atoms with Gasteiger partial charge in [0.2, 0.25) is 5.91 Å². The fourth-order valence-electron chi connectivity index (χ4n) is 2.18. The lowest BCUT2D eigenvalue weighted by atomic mass is 10.2. The average molecular weight is 386 g/mol.